The Bertz CT molecular complexity index is 481. The lowest BCUT2D eigenvalue weighted by molar-refractivity contribution is 0.0652. The van der Waals surface area contributed by atoms with E-state index < -0.39 is 0 Å². The third-order valence-electron chi connectivity index (χ3n) is 4.30. The van der Waals surface area contributed by atoms with E-state index in [2.05, 4.69) is 15.9 Å². The Morgan fingerprint density at radius 3 is 2.55 bits per heavy atom. The van der Waals surface area contributed by atoms with Gasteiger partial charge in [-0.25, -0.2) is 0 Å². The highest BCUT2D eigenvalue weighted by Crippen LogP contribution is 2.28. The zero-order chi connectivity index (χ0) is 14.7. The zero-order valence-corrected chi connectivity index (χ0v) is 13.7. The van der Waals surface area contributed by atoms with Crippen molar-refractivity contribution in [3.05, 3.63) is 33.8 Å². The van der Waals surface area contributed by atoms with Gasteiger partial charge in [0, 0.05) is 24.2 Å². The van der Waals surface area contributed by atoms with Crippen LogP contribution in [0.1, 0.15) is 41.6 Å². The van der Waals surface area contributed by atoms with Gasteiger partial charge in [0.2, 0.25) is 0 Å². The Hall–Kier alpha value is -0.870. The fraction of sp³-hybridized carbons (Fsp3) is 0.562. The van der Waals surface area contributed by atoms with Crippen LogP contribution in [-0.2, 0) is 0 Å². The van der Waals surface area contributed by atoms with E-state index in [1.54, 1.807) is 0 Å². The molecule has 1 aromatic rings. The predicted molar refractivity (Wildman–Crippen MR) is 83.8 cm³/mol. The van der Waals surface area contributed by atoms with E-state index in [-0.39, 0.29) is 12.5 Å². The van der Waals surface area contributed by atoms with Crippen molar-refractivity contribution in [3.63, 3.8) is 0 Å². The SMILES string of the molecule is Cc1ccc(C(=O)N(C)C2CCC(CO)CC2)c(Br)c1. The van der Waals surface area contributed by atoms with Gasteiger partial charge in [-0.3, -0.25) is 4.79 Å². The van der Waals surface area contributed by atoms with E-state index in [0.29, 0.717) is 12.0 Å². The van der Waals surface area contributed by atoms with Gasteiger partial charge in [-0.05, 0) is 72.2 Å². The Labute approximate surface area is 129 Å². The molecule has 1 N–H and O–H groups in total. The molecule has 0 atom stereocenters. The molecular formula is C16H22BrNO2. The summed E-state index contributed by atoms with van der Waals surface area (Å²) in [6, 6.07) is 6.12. The maximum atomic E-state index is 12.6. The first-order valence-corrected chi connectivity index (χ1v) is 7.96. The minimum absolute atomic E-state index is 0.0734. The minimum atomic E-state index is 0.0734. The number of aliphatic hydroxyl groups is 1. The average molecular weight is 340 g/mol. The lowest BCUT2D eigenvalue weighted by Crippen LogP contribution is -2.40. The quantitative estimate of drug-likeness (QED) is 0.916. The van der Waals surface area contributed by atoms with Crippen molar-refractivity contribution >= 4 is 21.8 Å². The maximum Gasteiger partial charge on any atom is 0.254 e. The molecule has 0 bridgehead atoms. The molecule has 0 aromatic heterocycles. The van der Waals surface area contributed by atoms with Gasteiger partial charge >= 0.3 is 0 Å². The fourth-order valence-electron chi connectivity index (χ4n) is 2.86. The first-order valence-electron chi connectivity index (χ1n) is 7.17. The van der Waals surface area contributed by atoms with E-state index in [0.717, 1.165) is 41.3 Å². The number of aryl methyl sites for hydroxylation is 1. The first-order chi connectivity index (χ1) is 9.52. The molecule has 0 saturated heterocycles. The summed E-state index contributed by atoms with van der Waals surface area (Å²) in [7, 11) is 1.89. The molecule has 1 fully saturated rings. The third kappa shape index (κ3) is 3.41. The predicted octanol–water partition coefficient (Wildman–Crippen LogP) is 3.38. The molecule has 3 nitrogen and oxygen atoms in total. The van der Waals surface area contributed by atoms with Crippen molar-refractivity contribution in [2.24, 2.45) is 5.92 Å². The largest absolute Gasteiger partial charge is 0.396 e. The average Bonchev–Trinajstić information content (AvgIpc) is 2.46. The molecule has 0 aliphatic heterocycles. The van der Waals surface area contributed by atoms with Gasteiger partial charge in [0.1, 0.15) is 0 Å². The highest BCUT2D eigenvalue weighted by molar-refractivity contribution is 9.10. The zero-order valence-electron chi connectivity index (χ0n) is 12.1. The van der Waals surface area contributed by atoms with E-state index in [1.165, 1.54) is 0 Å². The van der Waals surface area contributed by atoms with Crippen molar-refractivity contribution in [3.8, 4) is 0 Å². The van der Waals surface area contributed by atoms with Gasteiger partial charge in [-0.2, -0.15) is 0 Å². The highest BCUT2D eigenvalue weighted by atomic mass is 79.9. The molecule has 1 amide bonds. The van der Waals surface area contributed by atoms with E-state index >= 15 is 0 Å². The van der Waals surface area contributed by atoms with Crippen LogP contribution in [-0.4, -0.2) is 35.6 Å². The molecule has 2 rings (SSSR count). The molecule has 1 aliphatic rings. The van der Waals surface area contributed by atoms with Crippen LogP contribution >= 0.6 is 15.9 Å². The second-order valence-corrected chi connectivity index (χ2v) is 6.61. The lowest BCUT2D eigenvalue weighted by Gasteiger charge is -2.34. The van der Waals surface area contributed by atoms with Crippen molar-refractivity contribution in [1.29, 1.82) is 0 Å². The summed E-state index contributed by atoms with van der Waals surface area (Å²) in [5.74, 6) is 0.491. The van der Waals surface area contributed by atoms with Crippen LogP contribution in [0.25, 0.3) is 0 Å². The van der Waals surface area contributed by atoms with Gasteiger partial charge in [-0.15, -0.1) is 0 Å². The molecule has 20 heavy (non-hydrogen) atoms. The van der Waals surface area contributed by atoms with Crippen LogP contribution in [0.5, 0.6) is 0 Å². The number of hydrogen-bond acceptors (Lipinski definition) is 2. The van der Waals surface area contributed by atoms with Crippen molar-refractivity contribution in [1.82, 2.24) is 4.90 Å². The number of aliphatic hydroxyl groups excluding tert-OH is 1. The summed E-state index contributed by atoms with van der Waals surface area (Å²) in [6.45, 7) is 2.28. The molecular weight excluding hydrogens is 318 g/mol. The van der Waals surface area contributed by atoms with Gasteiger partial charge in [0.15, 0.2) is 0 Å². The summed E-state index contributed by atoms with van der Waals surface area (Å²) < 4.78 is 0.860. The van der Waals surface area contributed by atoms with Crippen LogP contribution in [0.15, 0.2) is 22.7 Å². The second-order valence-electron chi connectivity index (χ2n) is 5.76. The van der Waals surface area contributed by atoms with Crippen molar-refractivity contribution in [2.45, 2.75) is 38.6 Å². The number of carbonyl (C=O) groups excluding carboxylic acids is 1. The number of nitrogens with zero attached hydrogens (tertiary/aromatic N) is 1. The number of halogens is 1. The van der Waals surface area contributed by atoms with Gasteiger partial charge in [0.25, 0.3) is 5.91 Å². The number of hydrogen-bond donors (Lipinski definition) is 1. The Kier molecular flexibility index (Phi) is 5.22. The smallest absolute Gasteiger partial charge is 0.254 e. The van der Waals surface area contributed by atoms with Gasteiger partial charge in [0.05, 0.1) is 5.56 Å². The molecule has 1 saturated carbocycles. The van der Waals surface area contributed by atoms with Crippen LogP contribution in [0.4, 0.5) is 0 Å². The summed E-state index contributed by atoms with van der Waals surface area (Å²) in [6.07, 6.45) is 3.98. The minimum Gasteiger partial charge on any atom is -0.396 e. The van der Waals surface area contributed by atoms with E-state index in [1.807, 2.05) is 37.1 Å². The number of amides is 1. The highest BCUT2D eigenvalue weighted by Gasteiger charge is 2.27. The normalized spacial score (nSPS) is 22.6. The molecule has 4 heteroatoms. The summed E-state index contributed by atoms with van der Waals surface area (Å²) in [5.41, 5.74) is 1.86. The summed E-state index contributed by atoms with van der Waals surface area (Å²) in [5, 5.41) is 9.18. The topological polar surface area (TPSA) is 40.5 Å². The van der Waals surface area contributed by atoms with Gasteiger partial charge in [-0.1, -0.05) is 6.07 Å². The number of benzene rings is 1. The molecule has 110 valence electrons. The molecule has 1 aliphatic carbocycles. The lowest BCUT2D eigenvalue weighted by atomic mass is 9.86. The van der Waals surface area contributed by atoms with Crippen molar-refractivity contribution in [2.75, 3.05) is 13.7 Å². The number of carbonyl (C=O) groups is 1. The molecule has 0 radical (unpaired) electrons. The van der Waals surface area contributed by atoms with Crippen LogP contribution < -0.4 is 0 Å². The first kappa shape index (κ1) is 15.5. The van der Waals surface area contributed by atoms with Crippen LogP contribution in [0, 0.1) is 12.8 Å². The summed E-state index contributed by atoms with van der Waals surface area (Å²) >= 11 is 3.48. The van der Waals surface area contributed by atoms with E-state index in [9.17, 15) is 9.90 Å². The van der Waals surface area contributed by atoms with E-state index in [4.69, 9.17) is 0 Å². The molecule has 0 unspecified atom stereocenters. The summed E-state index contributed by atoms with van der Waals surface area (Å²) in [4.78, 5) is 14.4. The van der Waals surface area contributed by atoms with Crippen LogP contribution in [0.2, 0.25) is 0 Å². The van der Waals surface area contributed by atoms with Crippen molar-refractivity contribution < 1.29 is 9.90 Å². The van der Waals surface area contributed by atoms with Crippen LogP contribution in [0.3, 0.4) is 0 Å². The third-order valence-corrected chi connectivity index (χ3v) is 4.95. The molecule has 1 aromatic carbocycles. The standard InChI is InChI=1S/C16H22BrNO2/c1-11-3-8-14(15(17)9-11)16(20)18(2)13-6-4-12(10-19)5-7-13/h3,8-9,12-13,19H,4-7,10H2,1-2H3. The fourth-order valence-corrected chi connectivity index (χ4v) is 3.53. The number of rotatable bonds is 3. The maximum absolute atomic E-state index is 12.6. The Balaban J connectivity index is 2.05. The van der Waals surface area contributed by atoms with Gasteiger partial charge < -0.3 is 10.0 Å². The monoisotopic (exact) mass is 339 g/mol. The molecule has 0 heterocycles. The Morgan fingerprint density at radius 2 is 2.00 bits per heavy atom. The second kappa shape index (κ2) is 6.72. The molecule has 0 spiro atoms. The Morgan fingerprint density at radius 1 is 1.35 bits per heavy atom.